The highest BCUT2D eigenvalue weighted by atomic mass is 16.5. The summed E-state index contributed by atoms with van der Waals surface area (Å²) in [5.41, 5.74) is 1.42. The zero-order valence-corrected chi connectivity index (χ0v) is 14.2. The number of anilines is 1. The van der Waals surface area contributed by atoms with E-state index in [0.29, 0.717) is 24.1 Å². The number of amides is 1. The van der Waals surface area contributed by atoms with Gasteiger partial charge in [0, 0.05) is 19.1 Å². The molecule has 24 heavy (non-hydrogen) atoms. The molecule has 1 aliphatic carbocycles. The first-order valence-corrected chi connectivity index (χ1v) is 8.84. The number of aryl methyl sites for hydroxylation is 2. The van der Waals surface area contributed by atoms with Crippen LogP contribution < -0.4 is 10.2 Å². The Balaban J connectivity index is 1.63. The third-order valence-electron chi connectivity index (χ3n) is 4.85. The molecule has 2 aromatic heterocycles. The Morgan fingerprint density at radius 2 is 2.17 bits per heavy atom. The summed E-state index contributed by atoms with van der Waals surface area (Å²) in [7, 11) is 0. The van der Waals surface area contributed by atoms with Gasteiger partial charge in [-0.1, -0.05) is 12.1 Å². The van der Waals surface area contributed by atoms with Crippen molar-refractivity contribution in [3.63, 3.8) is 0 Å². The fraction of sp³-hybridized carbons (Fsp3) is 0.647. The minimum atomic E-state index is 0.0228. The van der Waals surface area contributed by atoms with Crippen LogP contribution in [0.15, 0.2) is 4.52 Å². The molecule has 1 atom stereocenters. The van der Waals surface area contributed by atoms with Gasteiger partial charge in [0.2, 0.25) is 5.91 Å². The van der Waals surface area contributed by atoms with Crippen LogP contribution in [0.5, 0.6) is 0 Å². The number of rotatable bonds is 4. The second-order valence-corrected chi connectivity index (χ2v) is 6.83. The number of hydrogen-bond donors (Lipinski definition) is 1. The predicted octanol–water partition coefficient (Wildman–Crippen LogP) is 1.98. The van der Waals surface area contributed by atoms with Crippen LogP contribution in [0.25, 0.3) is 11.1 Å². The number of aromatic nitrogens is 3. The van der Waals surface area contributed by atoms with Gasteiger partial charge >= 0.3 is 0 Å². The average Bonchev–Trinajstić information content (AvgIpc) is 3.31. The van der Waals surface area contributed by atoms with Gasteiger partial charge in [-0.3, -0.25) is 4.79 Å². The second-order valence-electron chi connectivity index (χ2n) is 6.83. The molecular formula is C17H23N5O2. The van der Waals surface area contributed by atoms with Crippen LogP contribution in [0.4, 0.5) is 5.82 Å². The molecule has 0 bridgehead atoms. The zero-order chi connectivity index (χ0) is 16.7. The van der Waals surface area contributed by atoms with Crippen LogP contribution in [0, 0.1) is 12.8 Å². The van der Waals surface area contributed by atoms with Gasteiger partial charge in [0.1, 0.15) is 17.0 Å². The molecule has 0 radical (unpaired) electrons. The van der Waals surface area contributed by atoms with Crippen LogP contribution in [-0.4, -0.2) is 40.2 Å². The summed E-state index contributed by atoms with van der Waals surface area (Å²) in [5, 5.41) is 8.16. The van der Waals surface area contributed by atoms with E-state index >= 15 is 0 Å². The Morgan fingerprint density at radius 3 is 2.92 bits per heavy atom. The van der Waals surface area contributed by atoms with Crippen molar-refractivity contribution in [2.45, 2.75) is 52.0 Å². The fourth-order valence-corrected chi connectivity index (χ4v) is 3.40. The highest BCUT2D eigenvalue weighted by molar-refractivity contribution is 5.89. The van der Waals surface area contributed by atoms with Gasteiger partial charge in [0.25, 0.3) is 5.71 Å². The molecule has 1 saturated heterocycles. The lowest BCUT2D eigenvalue weighted by Crippen LogP contribution is -2.44. The second kappa shape index (κ2) is 6.03. The van der Waals surface area contributed by atoms with Gasteiger partial charge in [0.15, 0.2) is 0 Å². The van der Waals surface area contributed by atoms with Gasteiger partial charge in [-0.2, -0.15) is 4.98 Å². The molecule has 4 rings (SSSR count). The summed E-state index contributed by atoms with van der Waals surface area (Å²) in [6, 6.07) is 0.408. The van der Waals surface area contributed by atoms with Crippen LogP contribution in [0.3, 0.4) is 0 Å². The SMILES string of the molecule is CCc1noc2nc(C)nc(N3CCCC(C(=O)NC4CC4)C3)c12. The molecule has 3 heterocycles. The molecule has 1 amide bonds. The number of fused-ring (bicyclic) bond motifs is 1. The van der Waals surface area contributed by atoms with Gasteiger partial charge in [0.05, 0.1) is 11.6 Å². The largest absolute Gasteiger partial charge is 0.355 e. The number of nitrogens with zero attached hydrogens (tertiary/aromatic N) is 4. The third-order valence-corrected chi connectivity index (χ3v) is 4.85. The van der Waals surface area contributed by atoms with E-state index in [4.69, 9.17) is 4.52 Å². The Bertz CT molecular complexity index is 768. The minimum Gasteiger partial charge on any atom is -0.355 e. The molecule has 128 valence electrons. The number of carbonyl (C=O) groups is 1. The first kappa shape index (κ1) is 15.4. The summed E-state index contributed by atoms with van der Waals surface area (Å²) < 4.78 is 5.38. The summed E-state index contributed by atoms with van der Waals surface area (Å²) in [5.74, 6) is 1.74. The zero-order valence-electron chi connectivity index (χ0n) is 14.2. The molecule has 1 N–H and O–H groups in total. The molecule has 0 spiro atoms. The number of nitrogens with one attached hydrogen (secondary N) is 1. The average molecular weight is 329 g/mol. The van der Waals surface area contributed by atoms with Crippen molar-refractivity contribution in [1.29, 1.82) is 0 Å². The van der Waals surface area contributed by atoms with Gasteiger partial charge in [-0.15, -0.1) is 0 Å². The van der Waals surface area contributed by atoms with Crippen LogP contribution in [0.2, 0.25) is 0 Å². The molecular weight excluding hydrogens is 306 g/mol. The maximum atomic E-state index is 12.4. The lowest BCUT2D eigenvalue weighted by Gasteiger charge is -2.33. The maximum absolute atomic E-state index is 12.4. The lowest BCUT2D eigenvalue weighted by molar-refractivity contribution is -0.125. The van der Waals surface area contributed by atoms with E-state index in [1.165, 1.54) is 0 Å². The number of carbonyl (C=O) groups excluding carboxylic acids is 1. The molecule has 1 saturated carbocycles. The van der Waals surface area contributed by atoms with Crippen LogP contribution >= 0.6 is 0 Å². The third kappa shape index (κ3) is 2.83. The maximum Gasteiger partial charge on any atom is 0.263 e. The molecule has 0 aromatic carbocycles. The first-order valence-electron chi connectivity index (χ1n) is 8.84. The van der Waals surface area contributed by atoms with E-state index in [0.717, 1.165) is 55.5 Å². The smallest absolute Gasteiger partial charge is 0.263 e. The molecule has 7 heteroatoms. The fourth-order valence-electron chi connectivity index (χ4n) is 3.40. The molecule has 2 aromatic rings. The Morgan fingerprint density at radius 1 is 1.33 bits per heavy atom. The topological polar surface area (TPSA) is 84.2 Å². The first-order chi connectivity index (χ1) is 11.7. The Hall–Kier alpha value is -2.18. The Labute approximate surface area is 140 Å². The standard InChI is InChI=1S/C17H23N5O2/c1-3-13-14-15(18-10(2)19-17(14)24-21-13)22-8-4-5-11(9-22)16(23)20-12-6-7-12/h11-12H,3-9H2,1-2H3,(H,20,23). The monoisotopic (exact) mass is 329 g/mol. The van der Waals surface area contributed by atoms with E-state index in [-0.39, 0.29) is 11.8 Å². The van der Waals surface area contributed by atoms with E-state index < -0.39 is 0 Å². The number of piperidine rings is 1. The summed E-state index contributed by atoms with van der Waals surface area (Å²) in [6.45, 7) is 5.49. The normalized spacial score (nSPS) is 21.2. The molecule has 1 unspecified atom stereocenters. The highest BCUT2D eigenvalue weighted by Gasteiger charge is 2.32. The van der Waals surface area contributed by atoms with E-state index in [2.05, 4.69) is 25.3 Å². The predicted molar refractivity (Wildman–Crippen MR) is 89.8 cm³/mol. The van der Waals surface area contributed by atoms with Crippen molar-refractivity contribution >= 4 is 22.8 Å². The van der Waals surface area contributed by atoms with Crippen molar-refractivity contribution in [2.75, 3.05) is 18.0 Å². The summed E-state index contributed by atoms with van der Waals surface area (Å²) in [6.07, 6.45) is 4.93. The van der Waals surface area contributed by atoms with Gasteiger partial charge in [-0.25, -0.2) is 4.98 Å². The molecule has 2 aliphatic rings. The van der Waals surface area contributed by atoms with E-state index in [1.807, 2.05) is 13.8 Å². The summed E-state index contributed by atoms with van der Waals surface area (Å²) >= 11 is 0. The van der Waals surface area contributed by atoms with Crippen molar-refractivity contribution in [1.82, 2.24) is 20.4 Å². The van der Waals surface area contributed by atoms with Gasteiger partial charge < -0.3 is 14.7 Å². The van der Waals surface area contributed by atoms with E-state index in [9.17, 15) is 4.79 Å². The van der Waals surface area contributed by atoms with Crippen molar-refractivity contribution in [3.05, 3.63) is 11.5 Å². The molecule has 1 aliphatic heterocycles. The van der Waals surface area contributed by atoms with Crippen molar-refractivity contribution in [3.8, 4) is 0 Å². The van der Waals surface area contributed by atoms with Crippen molar-refractivity contribution in [2.24, 2.45) is 5.92 Å². The highest BCUT2D eigenvalue weighted by Crippen LogP contribution is 2.31. The van der Waals surface area contributed by atoms with E-state index in [1.54, 1.807) is 0 Å². The van der Waals surface area contributed by atoms with Gasteiger partial charge in [-0.05, 0) is 39.0 Å². The van der Waals surface area contributed by atoms with Crippen LogP contribution in [0.1, 0.15) is 44.1 Å². The minimum absolute atomic E-state index is 0.0228. The molecule has 2 fully saturated rings. The quantitative estimate of drug-likeness (QED) is 0.923. The van der Waals surface area contributed by atoms with Crippen LogP contribution in [-0.2, 0) is 11.2 Å². The molecule has 7 nitrogen and oxygen atoms in total. The van der Waals surface area contributed by atoms with Crippen molar-refractivity contribution < 1.29 is 9.32 Å². The summed E-state index contributed by atoms with van der Waals surface area (Å²) in [4.78, 5) is 23.6. The Kier molecular flexibility index (Phi) is 3.86. The lowest BCUT2D eigenvalue weighted by atomic mass is 9.96. The number of hydrogen-bond acceptors (Lipinski definition) is 6.